The van der Waals surface area contributed by atoms with E-state index in [1.807, 2.05) is 0 Å². The average Bonchev–Trinajstić information content (AvgIpc) is 1.98. The summed E-state index contributed by atoms with van der Waals surface area (Å²) < 4.78 is -3.44. The Hall–Kier alpha value is 5.92. The Morgan fingerprint density at radius 3 is 0.812 bits per heavy atom. The number of hydrogen-bond donors (Lipinski definition) is 0. The van der Waals surface area contributed by atoms with Crippen LogP contribution in [0.3, 0.4) is 0 Å². The van der Waals surface area contributed by atoms with Crippen LogP contribution in [0.25, 0.3) is 0 Å². The van der Waals surface area contributed by atoms with Crippen molar-refractivity contribution in [1.82, 2.24) is 0 Å². The van der Waals surface area contributed by atoms with Crippen LogP contribution in [0.5, 0.6) is 0 Å². The van der Waals surface area contributed by atoms with Crippen molar-refractivity contribution in [2.45, 2.75) is 0 Å². The van der Waals surface area contributed by atoms with E-state index in [0.717, 1.165) is 0 Å². The van der Waals surface area contributed by atoms with Gasteiger partial charge in [0.1, 0.15) is 0 Å². The molecule has 0 aliphatic heterocycles. The zero-order valence-corrected chi connectivity index (χ0v) is 26.3. The van der Waals surface area contributed by atoms with E-state index in [1.54, 1.807) is 0 Å². The summed E-state index contributed by atoms with van der Waals surface area (Å²) in [6.45, 7) is 0. The molecule has 0 aliphatic rings. The molecule has 0 aliphatic carbocycles. The molecule has 0 radical (unpaired) electrons. The van der Waals surface area contributed by atoms with Crippen LogP contribution in [0.4, 0.5) is 0 Å². The van der Waals surface area contributed by atoms with Gasteiger partial charge in [-0.1, -0.05) is 0 Å². The molecule has 1 aromatic carbocycles. The van der Waals surface area contributed by atoms with E-state index in [1.165, 1.54) is 10.6 Å². The Kier molecular flexibility index (Phi) is 8.03. The summed E-state index contributed by atoms with van der Waals surface area (Å²) in [5.41, 5.74) is 0. The van der Waals surface area contributed by atoms with Gasteiger partial charge in [-0.2, -0.15) is 0 Å². The van der Waals surface area contributed by atoms with Crippen LogP contribution in [-0.4, -0.2) is 0 Å². The van der Waals surface area contributed by atoms with Gasteiger partial charge in [0.05, 0.1) is 0 Å². The first-order valence-corrected chi connectivity index (χ1v) is 30.4. The van der Waals surface area contributed by atoms with E-state index in [-0.39, 0.29) is 0 Å². The molecule has 0 aromatic heterocycles. The van der Waals surface area contributed by atoms with Crippen molar-refractivity contribution in [3.8, 4) is 0 Å². The van der Waals surface area contributed by atoms with E-state index in [0.29, 0.717) is 0 Å². The molecule has 0 saturated heterocycles. The first kappa shape index (κ1) is 20.0. The molecule has 0 N–H and O–H groups in total. The van der Waals surface area contributed by atoms with Gasteiger partial charge in [-0.25, -0.2) is 0 Å². The number of hydrogen-bond acceptors (Lipinski definition) is 0. The standard InChI is InChI=1S/C6H4I8P2/c7-15(8,9,10)5-1-2-6(4-3-5)16(11,12,13)14/h1-4H. The van der Waals surface area contributed by atoms with Gasteiger partial charge in [-0.15, -0.1) is 0 Å². The average molecular weight is 1150 g/mol. The quantitative estimate of drug-likeness (QED) is 0.205. The van der Waals surface area contributed by atoms with E-state index in [4.69, 9.17) is 0 Å². The molecule has 0 atom stereocenters. The zero-order chi connectivity index (χ0) is 12.9. The molecule has 1 aromatic rings. The van der Waals surface area contributed by atoms with Crippen molar-refractivity contribution in [1.29, 1.82) is 0 Å². The van der Waals surface area contributed by atoms with Crippen molar-refractivity contribution < 1.29 is 0 Å². The molecule has 10 heteroatoms. The second-order valence-corrected chi connectivity index (χ2v) is 120. The topological polar surface area (TPSA) is 0 Å². The molecule has 0 heterocycles. The van der Waals surface area contributed by atoms with Gasteiger partial charge in [-0.3, -0.25) is 0 Å². The first-order chi connectivity index (χ1) is 6.73. The third-order valence-corrected chi connectivity index (χ3v) is 17.2. The second kappa shape index (κ2) is 6.43. The van der Waals surface area contributed by atoms with Crippen LogP contribution in [0.15, 0.2) is 24.3 Å². The van der Waals surface area contributed by atoms with Crippen molar-refractivity contribution in [3.63, 3.8) is 0 Å². The van der Waals surface area contributed by atoms with E-state index < -0.39 is -5.65 Å². The fourth-order valence-corrected chi connectivity index (χ4v) is 9.82. The molecule has 0 unspecified atom stereocenters. The Labute approximate surface area is 200 Å². The number of rotatable bonds is 2. The summed E-state index contributed by atoms with van der Waals surface area (Å²) in [5, 5.41) is 2.94. The molecule has 94 valence electrons. The van der Waals surface area contributed by atoms with Crippen LogP contribution in [0.2, 0.25) is 0 Å². The third-order valence-electron chi connectivity index (χ3n) is 1.63. The second-order valence-electron chi connectivity index (χ2n) is 2.96. The van der Waals surface area contributed by atoms with Gasteiger partial charge in [0.15, 0.2) is 0 Å². The Balaban J connectivity index is 3.22. The van der Waals surface area contributed by atoms with Gasteiger partial charge in [-0.05, 0) is 0 Å². The van der Waals surface area contributed by atoms with Crippen molar-refractivity contribution in [3.05, 3.63) is 24.3 Å². The van der Waals surface area contributed by atoms with E-state index >= 15 is 0 Å². The minimum atomic E-state index is -1.72. The monoisotopic (exact) mass is 1150 g/mol. The Morgan fingerprint density at radius 2 is 0.688 bits per heavy atom. The first-order valence-electron chi connectivity index (χ1n) is 3.62. The third kappa shape index (κ3) is 7.00. The molecule has 0 nitrogen and oxygen atoms in total. The van der Waals surface area contributed by atoms with Crippen molar-refractivity contribution in [2.75, 3.05) is 0 Å². The van der Waals surface area contributed by atoms with Crippen LogP contribution in [0.1, 0.15) is 0 Å². The predicted octanol–water partition coefficient (Wildman–Crippen LogP) is 8.84. The molecule has 0 bridgehead atoms. The molecular formula is C6H4I8P2. The van der Waals surface area contributed by atoms with Crippen LogP contribution >= 0.6 is 171 Å². The number of halogens is 8. The fraction of sp³-hybridized carbons (Fsp3) is 0. The van der Waals surface area contributed by atoms with Gasteiger partial charge in [0.25, 0.3) is 0 Å². The maximum atomic E-state index is 2.61. The van der Waals surface area contributed by atoms with Crippen molar-refractivity contribution in [2.24, 2.45) is 0 Å². The summed E-state index contributed by atoms with van der Waals surface area (Å²) in [7, 11) is 0. The van der Waals surface area contributed by atoms with Gasteiger partial charge in [0.2, 0.25) is 0 Å². The van der Waals surface area contributed by atoms with E-state index in [2.05, 4.69) is 201 Å². The fourth-order valence-electron chi connectivity index (χ4n) is 0.903. The predicted molar refractivity (Wildman–Crippen MR) is 152 cm³/mol. The Bertz CT molecular complexity index is 351. The summed E-state index contributed by atoms with van der Waals surface area (Å²) in [4.78, 5) is 0. The van der Waals surface area contributed by atoms with E-state index in [9.17, 15) is 0 Å². The molecule has 16 heavy (non-hydrogen) atoms. The molecule has 0 fully saturated rings. The minimum absolute atomic E-state index is 1.47. The molecule has 1 rings (SSSR count). The van der Waals surface area contributed by atoms with Crippen LogP contribution in [0, 0.1) is 0 Å². The summed E-state index contributed by atoms with van der Waals surface area (Å²) >= 11 is 20.9. The summed E-state index contributed by atoms with van der Waals surface area (Å²) in [6, 6.07) is 9.23. The SMILES string of the molecule is IP(I)(I)(I)c1ccc(P(I)(I)(I)I)cc1. The van der Waals surface area contributed by atoms with Crippen LogP contribution in [-0.2, 0) is 0 Å². The zero-order valence-electron chi connectivity index (χ0n) is 7.23. The normalized spacial score (nSPS) is 18.2. The van der Waals surface area contributed by atoms with Gasteiger partial charge in [0, 0.05) is 0 Å². The maximum absolute atomic E-state index is 2.61. The van der Waals surface area contributed by atoms with Crippen LogP contribution < -0.4 is 10.6 Å². The molecular weight excluding hydrogens is 1150 g/mol. The number of benzene rings is 1. The Morgan fingerprint density at radius 1 is 0.500 bits per heavy atom. The van der Waals surface area contributed by atoms with Gasteiger partial charge >= 0.3 is 206 Å². The summed E-state index contributed by atoms with van der Waals surface area (Å²) in [6.07, 6.45) is 0. The summed E-state index contributed by atoms with van der Waals surface area (Å²) in [5.74, 6) is 0. The van der Waals surface area contributed by atoms with Crippen molar-refractivity contribution >= 4 is 181 Å². The molecule has 0 amide bonds. The molecule has 0 spiro atoms. The molecule has 0 saturated carbocycles. The van der Waals surface area contributed by atoms with Gasteiger partial charge < -0.3 is 0 Å².